The van der Waals surface area contributed by atoms with Crippen LogP contribution in [0, 0.1) is 0 Å². The van der Waals surface area contributed by atoms with Gasteiger partial charge in [-0.15, -0.1) is 0 Å². The Balaban J connectivity index is 1.13. The topological polar surface area (TPSA) is 65.0 Å². The van der Waals surface area contributed by atoms with Crippen LogP contribution in [0.2, 0.25) is 0 Å². The Morgan fingerprint density at radius 2 is 1.34 bits per heavy atom. The highest BCUT2D eigenvalue weighted by atomic mass is 16.3. The molecule has 0 spiro atoms. The molecule has 5 heteroatoms. The maximum absolute atomic E-state index is 6.59. The summed E-state index contributed by atoms with van der Waals surface area (Å²) in [6.07, 6.45) is 15.5. The van der Waals surface area contributed by atoms with E-state index in [1.807, 2.05) is 18.2 Å². The van der Waals surface area contributed by atoms with E-state index in [4.69, 9.17) is 23.8 Å². The molecule has 3 aliphatic rings. The number of fused-ring (bicyclic) bond motifs is 6. The maximum Gasteiger partial charge on any atom is 0.164 e. The van der Waals surface area contributed by atoms with Gasteiger partial charge in [0, 0.05) is 51.0 Å². The third kappa shape index (κ3) is 4.97. The zero-order valence-corrected chi connectivity index (χ0v) is 27.5. The van der Waals surface area contributed by atoms with Gasteiger partial charge in [0.1, 0.15) is 22.7 Å². The highest BCUT2D eigenvalue weighted by Crippen LogP contribution is 2.43. The van der Waals surface area contributed by atoms with Crippen molar-refractivity contribution in [1.82, 2.24) is 15.0 Å². The molecule has 3 aliphatic carbocycles. The van der Waals surface area contributed by atoms with Crippen LogP contribution in [0.4, 0.5) is 0 Å². The van der Waals surface area contributed by atoms with Crippen molar-refractivity contribution in [2.45, 2.75) is 38.0 Å². The molecule has 4 aromatic carbocycles. The summed E-state index contributed by atoms with van der Waals surface area (Å²) in [5, 5.41) is 2.26. The number of rotatable bonds is 5. The lowest BCUT2D eigenvalue weighted by Crippen LogP contribution is -2.13. The molecule has 1 unspecified atom stereocenters. The Hall–Kier alpha value is -6.07. The van der Waals surface area contributed by atoms with Crippen LogP contribution in [0.5, 0.6) is 0 Å². The molecule has 0 aliphatic heterocycles. The number of hydrogen-bond acceptors (Lipinski definition) is 5. The molecule has 0 saturated carbocycles. The molecule has 240 valence electrons. The van der Waals surface area contributed by atoms with Crippen LogP contribution in [0.1, 0.15) is 70.9 Å². The van der Waals surface area contributed by atoms with Crippen molar-refractivity contribution in [3.05, 3.63) is 173 Å². The summed E-state index contributed by atoms with van der Waals surface area (Å²) in [4.78, 5) is 15.6. The lowest BCUT2D eigenvalue weighted by atomic mass is 9.83. The zero-order valence-electron chi connectivity index (χ0n) is 27.5. The maximum atomic E-state index is 6.59. The van der Waals surface area contributed by atoms with Gasteiger partial charge in [-0.25, -0.2) is 15.0 Å². The molecule has 0 bridgehead atoms. The van der Waals surface area contributed by atoms with Crippen molar-refractivity contribution in [1.29, 1.82) is 0 Å². The van der Waals surface area contributed by atoms with E-state index in [-0.39, 0.29) is 5.92 Å². The second kappa shape index (κ2) is 11.8. The van der Waals surface area contributed by atoms with Gasteiger partial charge in [0.25, 0.3) is 0 Å². The Kier molecular flexibility index (Phi) is 6.83. The molecule has 0 N–H and O–H groups in total. The lowest BCUT2D eigenvalue weighted by Gasteiger charge is -2.22. The average Bonchev–Trinajstić information content (AvgIpc) is 3.76. The normalized spacial score (nSPS) is 16.9. The van der Waals surface area contributed by atoms with Gasteiger partial charge in [0.15, 0.2) is 17.5 Å². The minimum absolute atomic E-state index is 0.0901. The molecule has 0 saturated heterocycles. The van der Waals surface area contributed by atoms with Gasteiger partial charge < -0.3 is 8.83 Å². The van der Waals surface area contributed by atoms with E-state index in [0.29, 0.717) is 17.5 Å². The van der Waals surface area contributed by atoms with E-state index in [0.717, 1.165) is 82.5 Å². The first kappa shape index (κ1) is 28.9. The predicted octanol–water partition coefficient (Wildman–Crippen LogP) is 11.0. The summed E-state index contributed by atoms with van der Waals surface area (Å²) in [5.74, 6) is 4.01. The molecule has 50 heavy (non-hydrogen) atoms. The fourth-order valence-electron chi connectivity index (χ4n) is 7.74. The van der Waals surface area contributed by atoms with Crippen LogP contribution in [0.15, 0.2) is 136 Å². The Morgan fingerprint density at radius 1 is 0.620 bits per heavy atom. The molecule has 5 nitrogen and oxygen atoms in total. The van der Waals surface area contributed by atoms with Crippen molar-refractivity contribution in [3.63, 3.8) is 0 Å². The first-order valence-electron chi connectivity index (χ1n) is 17.5. The zero-order chi connectivity index (χ0) is 33.0. The van der Waals surface area contributed by atoms with E-state index in [2.05, 4.69) is 115 Å². The first-order valence-corrected chi connectivity index (χ1v) is 17.5. The molecular formula is C45H33N3O2. The third-order valence-electron chi connectivity index (χ3n) is 10.3. The SMILES string of the molecule is C1=CC(c2nc(C3=Cc4oc5ccccc5c4CC3)nc(C3=CC(c4ccc(-c5ccccc5)cc4)Cc4oc5ccccc5c43)n2)=CCC1. The second-order valence-corrected chi connectivity index (χ2v) is 13.3. The van der Waals surface area contributed by atoms with Crippen molar-refractivity contribution in [3.8, 4) is 11.1 Å². The molecular weight excluding hydrogens is 615 g/mol. The molecule has 10 rings (SSSR count). The van der Waals surface area contributed by atoms with E-state index in [9.17, 15) is 0 Å². The summed E-state index contributed by atoms with van der Waals surface area (Å²) in [6.45, 7) is 0. The van der Waals surface area contributed by atoms with Crippen LogP contribution in [-0.2, 0) is 12.8 Å². The lowest BCUT2D eigenvalue weighted by molar-refractivity contribution is 0.531. The van der Waals surface area contributed by atoms with E-state index < -0.39 is 0 Å². The summed E-state index contributed by atoms with van der Waals surface area (Å²) in [5.41, 5.74) is 10.8. The van der Waals surface area contributed by atoms with Crippen LogP contribution < -0.4 is 0 Å². The van der Waals surface area contributed by atoms with Crippen LogP contribution >= 0.6 is 0 Å². The summed E-state index contributed by atoms with van der Waals surface area (Å²) >= 11 is 0. The molecule has 0 fully saturated rings. The number of hydrogen-bond donors (Lipinski definition) is 0. The smallest absolute Gasteiger partial charge is 0.164 e. The van der Waals surface area contributed by atoms with Crippen molar-refractivity contribution >= 4 is 44.7 Å². The summed E-state index contributed by atoms with van der Waals surface area (Å²) < 4.78 is 12.9. The van der Waals surface area contributed by atoms with Gasteiger partial charge in [0.2, 0.25) is 0 Å². The molecule has 0 amide bonds. The summed E-state index contributed by atoms with van der Waals surface area (Å²) in [7, 11) is 0. The highest BCUT2D eigenvalue weighted by Gasteiger charge is 2.30. The fourth-order valence-corrected chi connectivity index (χ4v) is 7.74. The third-order valence-corrected chi connectivity index (χ3v) is 10.3. The van der Waals surface area contributed by atoms with E-state index in [1.54, 1.807) is 0 Å². The number of aryl methyl sites for hydroxylation is 1. The highest BCUT2D eigenvalue weighted by molar-refractivity contribution is 5.97. The number of para-hydroxylation sites is 2. The molecule has 3 heterocycles. The van der Waals surface area contributed by atoms with Gasteiger partial charge in [-0.2, -0.15) is 0 Å². The van der Waals surface area contributed by atoms with Gasteiger partial charge in [-0.1, -0.05) is 115 Å². The van der Waals surface area contributed by atoms with Crippen LogP contribution in [-0.4, -0.2) is 15.0 Å². The number of aromatic nitrogens is 3. The minimum atomic E-state index is 0.0901. The fraction of sp³-hybridized carbons (Fsp3) is 0.133. The van der Waals surface area contributed by atoms with E-state index in [1.165, 1.54) is 27.6 Å². The first-order chi connectivity index (χ1) is 24.7. The number of furan rings is 2. The standard InChI is InChI=1S/C45H33N3O2/c1-3-11-28(12-4-1)29-19-21-30(22-20-29)33-25-37(42-36-16-8-10-18-39(36)50-41(42)27-33)45-47-43(31-13-5-2-6-14-31)46-44(48-45)32-23-24-35-34-15-7-9-17-38(34)49-40(35)26-32/h1,3-5,7-22,25-26,33H,2,6,23-24,27H2. The Morgan fingerprint density at radius 3 is 2.16 bits per heavy atom. The Bertz CT molecular complexity index is 2560. The molecule has 3 aromatic heterocycles. The number of benzene rings is 4. The van der Waals surface area contributed by atoms with Crippen LogP contribution in [0.25, 0.3) is 55.9 Å². The van der Waals surface area contributed by atoms with Gasteiger partial charge >= 0.3 is 0 Å². The second-order valence-electron chi connectivity index (χ2n) is 13.3. The Labute approximate surface area is 290 Å². The van der Waals surface area contributed by atoms with Crippen LogP contribution in [0.3, 0.4) is 0 Å². The number of nitrogens with zero attached hydrogens (tertiary/aromatic N) is 3. The van der Waals surface area contributed by atoms with Gasteiger partial charge in [-0.05, 0) is 60.6 Å². The summed E-state index contributed by atoms with van der Waals surface area (Å²) in [6, 6.07) is 36.0. The molecule has 0 radical (unpaired) electrons. The van der Waals surface area contributed by atoms with Crippen molar-refractivity contribution in [2.24, 2.45) is 0 Å². The molecule has 1 atom stereocenters. The average molecular weight is 648 g/mol. The minimum Gasteiger partial charge on any atom is -0.460 e. The quantitative estimate of drug-likeness (QED) is 0.186. The monoisotopic (exact) mass is 647 g/mol. The van der Waals surface area contributed by atoms with Gasteiger partial charge in [-0.3, -0.25) is 0 Å². The largest absolute Gasteiger partial charge is 0.460 e. The van der Waals surface area contributed by atoms with E-state index >= 15 is 0 Å². The number of allylic oxidation sites excluding steroid dienone is 6. The van der Waals surface area contributed by atoms with Crippen molar-refractivity contribution in [2.75, 3.05) is 0 Å². The van der Waals surface area contributed by atoms with Crippen molar-refractivity contribution < 1.29 is 8.83 Å². The molecule has 7 aromatic rings. The predicted molar refractivity (Wildman–Crippen MR) is 200 cm³/mol. The van der Waals surface area contributed by atoms with Gasteiger partial charge in [0.05, 0.1) is 0 Å².